The third-order valence-electron chi connectivity index (χ3n) is 5.53. The lowest BCUT2D eigenvalue weighted by Gasteiger charge is -2.14. The molecule has 8 nitrogen and oxygen atoms in total. The van der Waals surface area contributed by atoms with Gasteiger partial charge < -0.3 is 33.7 Å². The van der Waals surface area contributed by atoms with Gasteiger partial charge in [-0.15, -0.1) is 0 Å². The van der Waals surface area contributed by atoms with Gasteiger partial charge in [-0.1, -0.05) is 24.3 Å². The summed E-state index contributed by atoms with van der Waals surface area (Å²) in [4.78, 5) is 12.6. The van der Waals surface area contributed by atoms with E-state index in [1.54, 1.807) is 79.2 Å². The van der Waals surface area contributed by atoms with Crippen molar-refractivity contribution in [2.24, 2.45) is 0 Å². The fraction of sp³-hybridized carbons (Fsp3) is 0.207. The molecule has 0 aromatic heterocycles. The van der Waals surface area contributed by atoms with E-state index in [1.807, 2.05) is 30.4 Å². The second-order valence-corrected chi connectivity index (χ2v) is 7.66. The fourth-order valence-corrected chi connectivity index (χ4v) is 3.62. The van der Waals surface area contributed by atoms with Gasteiger partial charge in [0.25, 0.3) is 0 Å². The number of benzene rings is 3. The van der Waals surface area contributed by atoms with Gasteiger partial charge in [-0.2, -0.15) is 0 Å². The maximum atomic E-state index is 12.6. The molecular formula is C29H31NO7. The quantitative estimate of drug-likeness (QED) is 0.190. The lowest BCUT2D eigenvalue weighted by Crippen LogP contribution is -1.99. The van der Waals surface area contributed by atoms with Crippen molar-refractivity contribution in [1.82, 2.24) is 0 Å². The number of anilines is 1. The first kappa shape index (κ1) is 27.0. The molecule has 3 aromatic carbocycles. The second kappa shape index (κ2) is 12.9. The molecule has 8 heteroatoms. The molecule has 37 heavy (non-hydrogen) atoms. The van der Waals surface area contributed by atoms with Gasteiger partial charge in [0.2, 0.25) is 5.75 Å². The van der Waals surface area contributed by atoms with Gasteiger partial charge in [0.05, 0.1) is 42.7 Å². The lowest BCUT2D eigenvalue weighted by atomic mass is 10.1. The van der Waals surface area contributed by atoms with Crippen LogP contribution in [0, 0.1) is 0 Å². The van der Waals surface area contributed by atoms with Crippen LogP contribution >= 0.6 is 0 Å². The Morgan fingerprint density at radius 2 is 1.35 bits per heavy atom. The maximum absolute atomic E-state index is 12.6. The zero-order valence-electron chi connectivity index (χ0n) is 21.8. The van der Waals surface area contributed by atoms with E-state index in [-0.39, 0.29) is 5.78 Å². The highest BCUT2D eigenvalue weighted by Gasteiger charge is 2.13. The number of rotatable bonds is 12. The summed E-state index contributed by atoms with van der Waals surface area (Å²) in [6.07, 6.45) is 6.85. The molecule has 0 saturated carbocycles. The molecule has 1 N–H and O–H groups in total. The normalized spacial score (nSPS) is 10.9. The fourth-order valence-electron chi connectivity index (χ4n) is 3.62. The molecule has 3 rings (SSSR count). The Hall–Kier alpha value is -4.59. The van der Waals surface area contributed by atoms with E-state index in [1.165, 1.54) is 6.08 Å². The zero-order valence-corrected chi connectivity index (χ0v) is 21.8. The Labute approximate surface area is 217 Å². The maximum Gasteiger partial charge on any atom is 0.203 e. The molecule has 0 saturated heterocycles. The molecule has 0 radical (unpaired) electrons. The molecule has 0 spiro atoms. The van der Waals surface area contributed by atoms with Crippen molar-refractivity contribution < 1.29 is 33.2 Å². The predicted molar refractivity (Wildman–Crippen MR) is 145 cm³/mol. The smallest absolute Gasteiger partial charge is 0.203 e. The molecule has 0 bridgehead atoms. The van der Waals surface area contributed by atoms with Crippen molar-refractivity contribution in [2.75, 3.05) is 48.0 Å². The van der Waals surface area contributed by atoms with Gasteiger partial charge in [0, 0.05) is 35.2 Å². The van der Waals surface area contributed by atoms with Crippen molar-refractivity contribution in [3.63, 3.8) is 0 Å². The number of ether oxygens (including phenoxy) is 6. The minimum atomic E-state index is -0.165. The average Bonchev–Trinajstić information content (AvgIpc) is 2.95. The van der Waals surface area contributed by atoms with Crippen molar-refractivity contribution in [3.05, 3.63) is 77.5 Å². The average molecular weight is 506 g/mol. The van der Waals surface area contributed by atoms with Crippen LogP contribution in [0.2, 0.25) is 0 Å². The number of allylic oxidation sites excluding steroid dienone is 1. The molecule has 0 aliphatic rings. The zero-order chi connectivity index (χ0) is 26.8. The van der Waals surface area contributed by atoms with E-state index in [4.69, 9.17) is 28.4 Å². The SMILES string of the molecule is COc1cccc(C(=O)C=CNc2cc(OC)c(OC)cc2C=Cc2cc(OC)c(OC)c(OC)c2)c1. The molecule has 194 valence electrons. The van der Waals surface area contributed by atoms with Crippen LogP contribution in [0.15, 0.2) is 60.8 Å². The monoisotopic (exact) mass is 505 g/mol. The van der Waals surface area contributed by atoms with Crippen molar-refractivity contribution in [2.45, 2.75) is 0 Å². The van der Waals surface area contributed by atoms with E-state index < -0.39 is 0 Å². The summed E-state index contributed by atoms with van der Waals surface area (Å²) in [5, 5.41) is 3.18. The summed E-state index contributed by atoms with van der Waals surface area (Å²) in [6.45, 7) is 0. The molecule has 0 heterocycles. The van der Waals surface area contributed by atoms with Crippen LogP contribution in [0.5, 0.6) is 34.5 Å². The van der Waals surface area contributed by atoms with Crippen LogP contribution < -0.4 is 33.7 Å². The van der Waals surface area contributed by atoms with E-state index in [2.05, 4.69) is 5.32 Å². The van der Waals surface area contributed by atoms with E-state index >= 15 is 0 Å². The molecular weight excluding hydrogens is 474 g/mol. The molecule has 0 unspecified atom stereocenters. The lowest BCUT2D eigenvalue weighted by molar-refractivity contribution is 0.104. The topological polar surface area (TPSA) is 84.5 Å². The molecule has 0 amide bonds. The van der Waals surface area contributed by atoms with Gasteiger partial charge in [-0.3, -0.25) is 4.79 Å². The second-order valence-electron chi connectivity index (χ2n) is 7.66. The number of carbonyl (C=O) groups is 1. The first-order valence-electron chi connectivity index (χ1n) is 11.3. The van der Waals surface area contributed by atoms with Crippen LogP contribution in [-0.4, -0.2) is 48.4 Å². The predicted octanol–water partition coefficient (Wildman–Crippen LogP) is 5.72. The largest absolute Gasteiger partial charge is 0.497 e. The van der Waals surface area contributed by atoms with Gasteiger partial charge in [-0.05, 0) is 35.9 Å². The molecule has 0 fully saturated rings. The van der Waals surface area contributed by atoms with Crippen LogP contribution in [-0.2, 0) is 0 Å². The van der Waals surface area contributed by atoms with Gasteiger partial charge in [0.1, 0.15) is 5.75 Å². The molecule has 0 aliphatic heterocycles. The molecule has 0 aliphatic carbocycles. The van der Waals surface area contributed by atoms with E-state index in [0.29, 0.717) is 45.7 Å². The summed E-state index contributed by atoms with van der Waals surface area (Å²) in [5.74, 6) is 3.17. The van der Waals surface area contributed by atoms with Crippen LogP contribution in [0.1, 0.15) is 21.5 Å². The first-order valence-corrected chi connectivity index (χ1v) is 11.3. The Balaban J connectivity index is 1.93. The van der Waals surface area contributed by atoms with Crippen molar-refractivity contribution in [1.29, 1.82) is 0 Å². The summed E-state index contributed by atoms with van der Waals surface area (Å²) < 4.78 is 32.5. The summed E-state index contributed by atoms with van der Waals surface area (Å²) in [5.41, 5.74) is 2.85. The van der Waals surface area contributed by atoms with Gasteiger partial charge in [-0.25, -0.2) is 0 Å². The van der Waals surface area contributed by atoms with Gasteiger partial charge >= 0.3 is 0 Å². The number of hydrogen-bond acceptors (Lipinski definition) is 8. The summed E-state index contributed by atoms with van der Waals surface area (Å²) in [6, 6.07) is 14.3. The third-order valence-corrected chi connectivity index (χ3v) is 5.53. The highest BCUT2D eigenvalue weighted by Crippen LogP contribution is 2.39. The minimum Gasteiger partial charge on any atom is -0.497 e. The number of nitrogens with one attached hydrogen (secondary N) is 1. The van der Waals surface area contributed by atoms with E-state index in [0.717, 1.165) is 11.1 Å². The molecule has 0 atom stereocenters. The number of carbonyl (C=O) groups excluding carboxylic acids is 1. The third kappa shape index (κ3) is 6.55. The van der Waals surface area contributed by atoms with Crippen LogP contribution in [0.3, 0.4) is 0 Å². The summed E-state index contributed by atoms with van der Waals surface area (Å²) in [7, 11) is 9.40. The number of methoxy groups -OCH3 is 6. The minimum absolute atomic E-state index is 0.165. The number of ketones is 1. The van der Waals surface area contributed by atoms with E-state index in [9.17, 15) is 4.79 Å². The van der Waals surface area contributed by atoms with Crippen molar-refractivity contribution >= 4 is 23.6 Å². The Kier molecular flexibility index (Phi) is 9.43. The first-order chi connectivity index (χ1) is 18.0. The highest BCUT2D eigenvalue weighted by atomic mass is 16.5. The van der Waals surface area contributed by atoms with Gasteiger partial charge in [0.15, 0.2) is 28.8 Å². The Morgan fingerprint density at radius 3 is 1.95 bits per heavy atom. The standard InChI is InChI=1S/C29H31NO7/c1-32-22-9-7-8-21(16-22)24(31)12-13-30-23-18-26(34-3)25(33-2)17-20(23)11-10-19-14-27(35-4)29(37-6)28(15-19)36-5/h7-18,30H,1-6H3. The van der Waals surface area contributed by atoms with Crippen LogP contribution in [0.4, 0.5) is 5.69 Å². The van der Waals surface area contributed by atoms with Crippen molar-refractivity contribution in [3.8, 4) is 34.5 Å². The summed E-state index contributed by atoms with van der Waals surface area (Å²) >= 11 is 0. The Bertz CT molecular complexity index is 1270. The highest BCUT2D eigenvalue weighted by molar-refractivity contribution is 6.04. The number of hydrogen-bond donors (Lipinski definition) is 1. The Morgan fingerprint density at radius 1 is 0.703 bits per heavy atom. The van der Waals surface area contributed by atoms with Crippen LogP contribution in [0.25, 0.3) is 12.2 Å². The molecule has 3 aromatic rings.